The second-order valence-electron chi connectivity index (χ2n) is 16.1. The number of fused-ring (bicyclic) bond motifs is 2. The standard InChI is InChI=1S/C23H23F3.C22H18F3N.C7H3BrF3I/c24-23(25,26)18-13-14-21(22(15-18)17-7-2-1-3-8-17)20-12-6-10-16-9-4-5-11-19(16)20;23-22(24,25)17-9-10-20(21(13-17)15-5-2-1-3-6-15)19-8-4-7-16-14-26-12-11-18(16)19;8-5-2-1-4(3-6(5)12)7(9,10)11/h6-7,10,12-15H,1-5,8-9,11H2;4-5,7-14H,1-3,6H2;1-3H. The third-order valence-corrected chi connectivity index (χ3v) is 14.2. The maximum Gasteiger partial charge on any atom is 0.416 e. The Morgan fingerprint density at radius 3 is 1.56 bits per heavy atom. The molecule has 5 aromatic carbocycles. The number of aryl methyl sites for hydroxylation is 1. The second kappa shape index (κ2) is 20.4. The molecule has 0 saturated heterocycles. The van der Waals surface area contributed by atoms with Gasteiger partial charge in [-0.1, -0.05) is 60.7 Å². The smallest absolute Gasteiger partial charge is 0.264 e. The molecular formula is C52H44BrF9IN. The topological polar surface area (TPSA) is 12.9 Å². The van der Waals surface area contributed by atoms with Crippen LogP contribution in [0.25, 0.3) is 44.2 Å². The van der Waals surface area contributed by atoms with Crippen molar-refractivity contribution in [2.24, 2.45) is 0 Å². The van der Waals surface area contributed by atoms with Crippen LogP contribution in [0, 0.1) is 3.57 Å². The number of aromatic nitrogens is 1. The van der Waals surface area contributed by atoms with Crippen molar-refractivity contribution in [3.63, 3.8) is 0 Å². The van der Waals surface area contributed by atoms with Crippen molar-refractivity contribution in [3.05, 3.63) is 169 Å². The summed E-state index contributed by atoms with van der Waals surface area (Å²) in [5, 5.41) is 1.98. The van der Waals surface area contributed by atoms with E-state index in [0.717, 1.165) is 132 Å². The van der Waals surface area contributed by atoms with Gasteiger partial charge in [-0.15, -0.1) is 0 Å². The summed E-state index contributed by atoms with van der Waals surface area (Å²) in [6.07, 6.45) is 7.12. The van der Waals surface area contributed by atoms with Crippen LogP contribution in [0.5, 0.6) is 0 Å². The Kier molecular flexibility index (Phi) is 15.1. The first kappa shape index (κ1) is 47.5. The lowest BCUT2D eigenvalue weighted by molar-refractivity contribution is -0.138. The van der Waals surface area contributed by atoms with Crippen molar-refractivity contribution in [1.29, 1.82) is 0 Å². The number of halogens is 11. The van der Waals surface area contributed by atoms with Gasteiger partial charge < -0.3 is 0 Å². The molecule has 3 aliphatic rings. The number of hydrogen-bond acceptors (Lipinski definition) is 1. The van der Waals surface area contributed by atoms with Gasteiger partial charge in [0.1, 0.15) is 0 Å². The summed E-state index contributed by atoms with van der Waals surface area (Å²) in [6, 6.07) is 26.0. The van der Waals surface area contributed by atoms with Crippen molar-refractivity contribution >= 4 is 60.4 Å². The fourth-order valence-corrected chi connectivity index (χ4v) is 9.43. The number of allylic oxidation sites excluding steroid dienone is 4. The van der Waals surface area contributed by atoms with E-state index in [4.69, 9.17) is 0 Å². The third-order valence-electron chi connectivity index (χ3n) is 11.9. The molecule has 0 bridgehead atoms. The van der Waals surface area contributed by atoms with Gasteiger partial charge in [0.05, 0.1) is 16.7 Å². The van der Waals surface area contributed by atoms with Crippen LogP contribution in [0.2, 0.25) is 0 Å². The van der Waals surface area contributed by atoms with Gasteiger partial charge in [-0.3, -0.25) is 4.98 Å². The Balaban J connectivity index is 0.000000154. The van der Waals surface area contributed by atoms with Gasteiger partial charge in [0.25, 0.3) is 0 Å². The SMILES string of the molecule is FC(F)(F)c1ccc(-c2cccc3c2CCCC3)c(C2=CCCCC2)c1.FC(F)(F)c1ccc(-c2cccc3cnccc23)c(C2=CCCCC2)c1.FC(F)(F)c1ccc(Br)c(I)c1. The van der Waals surface area contributed by atoms with Gasteiger partial charge in [0.15, 0.2) is 0 Å². The monoisotopic (exact) mass is 1060 g/mol. The first-order valence-electron chi connectivity index (χ1n) is 21.3. The van der Waals surface area contributed by atoms with Crippen LogP contribution in [0.4, 0.5) is 39.5 Å². The molecule has 0 saturated carbocycles. The summed E-state index contributed by atoms with van der Waals surface area (Å²) in [5.74, 6) is 0. The fourth-order valence-electron chi connectivity index (χ4n) is 8.67. The van der Waals surface area contributed by atoms with Gasteiger partial charge in [-0.25, -0.2) is 0 Å². The molecule has 334 valence electrons. The summed E-state index contributed by atoms with van der Waals surface area (Å²) >= 11 is 4.96. The average Bonchev–Trinajstić information content (AvgIpc) is 3.29. The molecule has 0 atom stereocenters. The van der Waals surface area contributed by atoms with E-state index in [1.807, 2.05) is 46.9 Å². The van der Waals surface area contributed by atoms with E-state index in [1.165, 1.54) is 47.9 Å². The molecule has 0 aliphatic heterocycles. The molecule has 6 aromatic rings. The molecule has 0 amide bonds. The molecule has 9 rings (SSSR count). The minimum absolute atomic E-state index is 0.549. The molecule has 0 fully saturated rings. The summed E-state index contributed by atoms with van der Waals surface area (Å²) < 4.78 is 117. The molecule has 64 heavy (non-hydrogen) atoms. The highest BCUT2D eigenvalue weighted by Gasteiger charge is 2.33. The summed E-state index contributed by atoms with van der Waals surface area (Å²) in [4.78, 5) is 4.15. The molecule has 0 N–H and O–H groups in total. The number of nitrogens with zero attached hydrogens (tertiary/aromatic N) is 1. The first-order chi connectivity index (χ1) is 30.5. The van der Waals surface area contributed by atoms with Crippen LogP contribution >= 0.6 is 38.5 Å². The normalized spacial score (nSPS) is 15.5. The van der Waals surface area contributed by atoms with Crippen LogP contribution in [0.1, 0.15) is 103 Å². The molecule has 1 heterocycles. The predicted octanol–water partition coefficient (Wildman–Crippen LogP) is 18.2. The lowest BCUT2D eigenvalue weighted by Crippen LogP contribution is -2.08. The minimum atomic E-state index is -4.34. The fraction of sp³-hybridized carbons (Fsp3) is 0.288. The molecule has 1 nitrogen and oxygen atoms in total. The van der Waals surface area contributed by atoms with Gasteiger partial charge in [-0.05, 0) is 225 Å². The van der Waals surface area contributed by atoms with E-state index in [2.05, 4.69) is 51.3 Å². The number of hydrogen-bond donors (Lipinski definition) is 0. The van der Waals surface area contributed by atoms with E-state index in [9.17, 15) is 39.5 Å². The van der Waals surface area contributed by atoms with Crippen LogP contribution in [-0.4, -0.2) is 4.98 Å². The summed E-state index contributed by atoms with van der Waals surface area (Å²) in [6.45, 7) is 0. The molecule has 3 aliphatic carbocycles. The largest absolute Gasteiger partial charge is 0.416 e. The Hall–Kier alpha value is -4.43. The molecular weight excluding hydrogens is 1020 g/mol. The molecule has 0 unspecified atom stereocenters. The van der Waals surface area contributed by atoms with Crippen molar-refractivity contribution < 1.29 is 39.5 Å². The molecule has 0 spiro atoms. The van der Waals surface area contributed by atoms with Gasteiger partial charge >= 0.3 is 18.5 Å². The Labute approximate surface area is 389 Å². The van der Waals surface area contributed by atoms with E-state index in [-0.39, 0.29) is 0 Å². The van der Waals surface area contributed by atoms with E-state index in [0.29, 0.717) is 13.6 Å². The van der Waals surface area contributed by atoms with Crippen LogP contribution < -0.4 is 0 Å². The zero-order valence-electron chi connectivity index (χ0n) is 34.6. The molecule has 1 aromatic heterocycles. The quantitative estimate of drug-likeness (QED) is 0.127. The summed E-state index contributed by atoms with van der Waals surface area (Å²) in [5.41, 5.74) is 8.38. The Bertz CT molecular complexity index is 2670. The lowest BCUT2D eigenvalue weighted by Gasteiger charge is -2.23. The van der Waals surface area contributed by atoms with E-state index < -0.39 is 35.2 Å². The lowest BCUT2D eigenvalue weighted by atomic mass is 9.82. The van der Waals surface area contributed by atoms with Crippen LogP contribution in [0.15, 0.2) is 126 Å². The molecule has 12 heteroatoms. The molecule has 0 radical (unpaired) electrons. The highest BCUT2D eigenvalue weighted by molar-refractivity contribution is 14.1. The highest BCUT2D eigenvalue weighted by atomic mass is 127. The van der Waals surface area contributed by atoms with Crippen LogP contribution in [0.3, 0.4) is 0 Å². The maximum atomic E-state index is 13.3. The first-order valence-corrected chi connectivity index (χ1v) is 23.1. The highest BCUT2D eigenvalue weighted by Crippen LogP contribution is 2.43. The van der Waals surface area contributed by atoms with Gasteiger partial charge in [0.2, 0.25) is 0 Å². The third kappa shape index (κ3) is 11.5. The van der Waals surface area contributed by atoms with Crippen molar-refractivity contribution in [2.45, 2.75) is 95.6 Å². The van der Waals surface area contributed by atoms with E-state index in [1.54, 1.807) is 24.5 Å². The minimum Gasteiger partial charge on any atom is -0.264 e. The van der Waals surface area contributed by atoms with Crippen molar-refractivity contribution in [3.8, 4) is 22.3 Å². The Morgan fingerprint density at radius 2 is 1.00 bits per heavy atom. The Morgan fingerprint density at radius 1 is 0.484 bits per heavy atom. The zero-order valence-corrected chi connectivity index (χ0v) is 38.4. The van der Waals surface area contributed by atoms with Gasteiger partial charge in [0, 0.05) is 25.8 Å². The van der Waals surface area contributed by atoms with E-state index >= 15 is 0 Å². The van der Waals surface area contributed by atoms with Crippen molar-refractivity contribution in [2.75, 3.05) is 0 Å². The van der Waals surface area contributed by atoms with Crippen LogP contribution in [-0.2, 0) is 31.4 Å². The number of rotatable bonds is 4. The predicted molar refractivity (Wildman–Crippen MR) is 250 cm³/mol. The maximum absolute atomic E-state index is 13.3. The number of benzene rings is 5. The number of alkyl halides is 9. The summed E-state index contributed by atoms with van der Waals surface area (Å²) in [7, 11) is 0. The second-order valence-corrected chi connectivity index (χ2v) is 18.2. The zero-order chi connectivity index (χ0) is 45.6. The number of pyridine rings is 1. The average molecular weight is 1060 g/mol. The van der Waals surface area contributed by atoms with Gasteiger partial charge in [-0.2, -0.15) is 39.5 Å². The van der Waals surface area contributed by atoms with Crippen molar-refractivity contribution in [1.82, 2.24) is 4.98 Å².